The van der Waals surface area contributed by atoms with Crippen molar-refractivity contribution in [2.75, 3.05) is 0 Å². The van der Waals surface area contributed by atoms with E-state index < -0.39 is 0 Å². The second-order valence-corrected chi connectivity index (χ2v) is 3.07. The summed E-state index contributed by atoms with van der Waals surface area (Å²) in [4.78, 5) is 0. The van der Waals surface area contributed by atoms with Gasteiger partial charge in [-0.15, -0.1) is 0 Å². The Hall–Kier alpha value is -1.15. The Kier molecular flexibility index (Phi) is 1.70. The minimum atomic E-state index is -0.192. The summed E-state index contributed by atoms with van der Waals surface area (Å²) >= 11 is 0. The van der Waals surface area contributed by atoms with E-state index in [2.05, 4.69) is 0 Å². The minimum absolute atomic E-state index is 0.192. The fourth-order valence-electron chi connectivity index (χ4n) is 1.36. The quantitative estimate of drug-likeness (QED) is 0.672. The predicted molar refractivity (Wildman–Crippen MR) is 47.0 cm³/mol. The van der Waals surface area contributed by atoms with E-state index in [-0.39, 0.29) is 11.9 Å². The lowest BCUT2D eigenvalue weighted by molar-refractivity contribution is 0.627. The van der Waals surface area contributed by atoms with Crippen molar-refractivity contribution in [3.05, 3.63) is 41.7 Å². The smallest absolute Gasteiger partial charge is 0.123 e. The van der Waals surface area contributed by atoms with Gasteiger partial charge in [-0.05, 0) is 29.7 Å². The molecule has 1 atom stereocenters. The highest BCUT2D eigenvalue weighted by molar-refractivity contribution is 5.71. The number of rotatable bonds is 1. The van der Waals surface area contributed by atoms with Crippen LogP contribution in [0.3, 0.4) is 0 Å². The Balaban J connectivity index is 2.25. The number of hydrogen-bond donors (Lipinski definition) is 1. The number of nitrogens with two attached hydrogens (primary N) is 1. The van der Waals surface area contributed by atoms with Crippen LogP contribution < -0.4 is 5.73 Å². The summed E-state index contributed by atoms with van der Waals surface area (Å²) in [5, 5.41) is 0. The molecule has 0 saturated heterocycles. The monoisotopic (exact) mass is 163 g/mol. The van der Waals surface area contributed by atoms with Crippen LogP contribution in [0, 0.1) is 5.82 Å². The molecule has 1 aromatic carbocycles. The summed E-state index contributed by atoms with van der Waals surface area (Å²) in [6.07, 6.45) is 2.92. The first-order valence-corrected chi connectivity index (χ1v) is 3.98. The molecule has 1 aliphatic rings. The van der Waals surface area contributed by atoms with Gasteiger partial charge in [0.25, 0.3) is 0 Å². The molecule has 62 valence electrons. The third-order valence-corrected chi connectivity index (χ3v) is 2.09. The zero-order valence-corrected chi connectivity index (χ0v) is 6.63. The van der Waals surface area contributed by atoms with Crippen LogP contribution in [0.4, 0.5) is 4.39 Å². The molecule has 0 bridgehead atoms. The van der Waals surface area contributed by atoms with Gasteiger partial charge in [-0.25, -0.2) is 4.39 Å². The van der Waals surface area contributed by atoms with Crippen LogP contribution in [0.1, 0.15) is 12.0 Å². The highest BCUT2D eigenvalue weighted by Gasteiger charge is 2.15. The topological polar surface area (TPSA) is 26.0 Å². The van der Waals surface area contributed by atoms with Crippen LogP contribution in [-0.2, 0) is 0 Å². The van der Waals surface area contributed by atoms with Gasteiger partial charge in [0.05, 0.1) is 0 Å². The molecule has 1 aromatic rings. The number of halogens is 1. The van der Waals surface area contributed by atoms with Gasteiger partial charge in [-0.1, -0.05) is 18.2 Å². The lowest BCUT2D eigenvalue weighted by Crippen LogP contribution is -2.24. The highest BCUT2D eigenvalue weighted by Crippen LogP contribution is 2.27. The standard InChI is InChI=1S/C10H10FN/c11-9-3-1-7(2-4-9)8-5-10(12)6-8/h1-5,10H,6,12H2. The van der Waals surface area contributed by atoms with Crippen LogP contribution in [-0.4, -0.2) is 6.04 Å². The number of benzene rings is 1. The molecular formula is C10H10FN. The van der Waals surface area contributed by atoms with Gasteiger partial charge < -0.3 is 5.73 Å². The average molecular weight is 163 g/mol. The average Bonchev–Trinajstić information content (AvgIpc) is 2.01. The molecule has 0 heterocycles. The van der Waals surface area contributed by atoms with Crippen LogP contribution in [0.2, 0.25) is 0 Å². The normalized spacial score (nSPS) is 21.5. The van der Waals surface area contributed by atoms with E-state index in [1.807, 2.05) is 6.08 Å². The first-order valence-electron chi connectivity index (χ1n) is 3.98. The van der Waals surface area contributed by atoms with Gasteiger partial charge in [0, 0.05) is 6.04 Å². The summed E-state index contributed by atoms with van der Waals surface area (Å²) in [6.45, 7) is 0. The molecule has 0 fully saturated rings. The van der Waals surface area contributed by atoms with Crippen LogP contribution in [0.15, 0.2) is 30.3 Å². The summed E-state index contributed by atoms with van der Waals surface area (Å²) in [5.41, 5.74) is 7.89. The molecule has 1 nitrogen and oxygen atoms in total. The van der Waals surface area contributed by atoms with Gasteiger partial charge in [0.2, 0.25) is 0 Å². The maximum absolute atomic E-state index is 12.5. The Morgan fingerprint density at radius 3 is 2.33 bits per heavy atom. The van der Waals surface area contributed by atoms with Crippen LogP contribution >= 0.6 is 0 Å². The minimum Gasteiger partial charge on any atom is -0.324 e. The van der Waals surface area contributed by atoms with E-state index in [0.29, 0.717) is 0 Å². The fraction of sp³-hybridized carbons (Fsp3) is 0.200. The second-order valence-electron chi connectivity index (χ2n) is 3.07. The van der Waals surface area contributed by atoms with Gasteiger partial charge in [0.1, 0.15) is 5.82 Å². The molecule has 0 radical (unpaired) electrons. The summed E-state index contributed by atoms with van der Waals surface area (Å²) in [5.74, 6) is -0.192. The molecule has 12 heavy (non-hydrogen) atoms. The van der Waals surface area contributed by atoms with E-state index in [0.717, 1.165) is 12.0 Å². The zero-order chi connectivity index (χ0) is 8.55. The highest BCUT2D eigenvalue weighted by atomic mass is 19.1. The summed E-state index contributed by atoms with van der Waals surface area (Å²) in [7, 11) is 0. The number of hydrogen-bond acceptors (Lipinski definition) is 1. The first kappa shape index (κ1) is 7.50. The molecule has 2 N–H and O–H groups in total. The molecular weight excluding hydrogens is 153 g/mol. The third-order valence-electron chi connectivity index (χ3n) is 2.09. The Labute approximate surface area is 70.7 Å². The van der Waals surface area contributed by atoms with Crippen molar-refractivity contribution in [3.8, 4) is 0 Å². The SMILES string of the molecule is NC1C=C(c2ccc(F)cc2)C1. The molecule has 0 aliphatic heterocycles. The third kappa shape index (κ3) is 1.25. The van der Waals surface area contributed by atoms with E-state index >= 15 is 0 Å². The molecule has 0 spiro atoms. The van der Waals surface area contributed by atoms with Gasteiger partial charge in [-0.2, -0.15) is 0 Å². The Bertz CT molecular complexity index is 313. The predicted octanol–water partition coefficient (Wildman–Crippen LogP) is 1.94. The first-order chi connectivity index (χ1) is 5.75. The van der Waals surface area contributed by atoms with E-state index in [4.69, 9.17) is 5.73 Å². The van der Waals surface area contributed by atoms with Crippen molar-refractivity contribution in [1.82, 2.24) is 0 Å². The summed E-state index contributed by atoms with van der Waals surface area (Å²) < 4.78 is 12.5. The maximum atomic E-state index is 12.5. The zero-order valence-electron chi connectivity index (χ0n) is 6.63. The molecule has 2 rings (SSSR count). The molecule has 1 unspecified atom stereocenters. The second kappa shape index (κ2) is 2.72. The van der Waals surface area contributed by atoms with Crippen molar-refractivity contribution in [2.45, 2.75) is 12.5 Å². The maximum Gasteiger partial charge on any atom is 0.123 e. The van der Waals surface area contributed by atoms with Gasteiger partial charge in [-0.3, -0.25) is 0 Å². The van der Waals surface area contributed by atoms with E-state index in [1.54, 1.807) is 12.1 Å². The summed E-state index contributed by atoms with van der Waals surface area (Å²) in [6, 6.07) is 6.71. The molecule has 0 amide bonds. The fourth-order valence-corrected chi connectivity index (χ4v) is 1.36. The Morgan fingerprint density at radius 2 is 1.83 bits per heavy atom. The van der Waals surface area contributed by atoms with Crippen molar-refractivity contribution < 1.29 is 4.39 Å². The van der Waals surface area contributed by atoms with Gasteiger partial charge >= 0.3 is 0 Å². The molecule has 0 saturated carbocycles. The molecule has 0 aromatic heterocycles. The Morgan fingerprint density at radius 1 is 1.25 bits per heavy atom. The van der Waals surface area contributed by atoms with Crippen LogP contribution in [0.5, 0.6) is 0 Å². The van der Waals surface area contributed by atoms with E-state index in [1.165, 1.54) is 17.7 Å². The van der Waals surface area contributed by atoms with E-state index in [9.17, 15) is 4.39 Å². The molecule has 1 aliphatic carbocycles. The van der Waals surface area contributed by atoms with Crippen LogP contribution in [0.25, 0.3) is 5.57 Å². The van der Waals surface area contributed by atoms with Crippen molar-refractivity contribution in [3.63, 3.8) is 0 Å². The van der Waals surface area contributed by atoms with Crippen molar-refractivity contribution in [2.24, 2.45) is 5.73 Å². The van der Waals surface area contributed by atoms with Crippen molar-refractivity contribution >= 4 is 5.57 Å². The molecule has 2 heteroatoms. The lowest BCUT2D eigenvalue weighted by atomic mass is 9.88. The lowest BCUT2D eigenvalue weighted by Gasteiger charge is -2.21. The van der Waals surface area contributed by atoms with Gasteiger partial charge in [0.15, 0.2) is 0 Å². The van der Waals surface area contributed by atoms with Crippen molar-refractivity contribution in [1.29, 1.82) is 0 Å². The largest absolute Gasteiger partial charge is 0.324 e.